The minimum Gasteiger partial charge on any atom is -0.412 e. The van der Waals surface area contributed by atoms with E-state index >= 15 is 0 Å². The lowest BCUT2D eigenvalue weighted by Crippen LogP contribution is -1.85. The number of rotatable bonds is 0. The van der Waals surface area contributed by atoms with Crippen LogP contribution < -0.4 is 5.73 Å². The molecular weight excluding hydrogens is 208 g/mol. The molecule has 16 heavy (non-hydrogen) atoms. The maximum Gasteiger partial charge on any atom is 0.121 e. The van der Waals surface area contributed by atoms with Crippen molar-refractivity contribution in [3.63, 3.8) is 0 Å². The van der Waals surface area contributed by atoms with Crippen LogP contribution in [0, 0.1) is 29.3 Å². The minimum absolute atomic E-state index is 0. The van der Waals surface area contributed by atoms with Gasteiger partial charge in [-0.15, -0.1) is 0 Å². The van der Waals surface area contributed by atoms with Gasteiger partial charge in [0.15, 0.2) is 0 Å². The predicted octanol–water partition coefficient (Wildman–Crippen LogP) is 1.79. The molecule has 0 atom stereocenters. The summed E-state index contributed by atoms with van der Waals surface area (Å²) in [6, 6.07) is 1.98. The Hall–Kier alpha value is -2.20. The highest BCUT2D eigenvalue weighted by Crippen LogP contribution is 2.00. The van der Waals surface area contributed by atoms with Gasteiger partial charge >= 0.3 is 0 Å². The van der Waals surface area contributed by atoms with Crippen molar-refractivity contribution in [1.82, 2.24) is 10.2 Å². The fourth-order valence-corrected chi connectivity index (χ4v) is 0.421. The van der Waals surface area contributed by atoms with Crippen LogP contribution in [0.5, 0.6) is 0 Å². The average molecular weight is 228 g/mol. The van der Waals surface area contributed by atoms with E-state index in [0.29, 0.717) is 5.82 Å². The summed E-state index contributed by atoms with van der Waals surface area (Å²) in [5, 5.41) is 14.3. The fraction of sp³-hybridized carbons (Fsp3) is 0.333. The Labute approximate surface area is 96.1 Å². The Kier molecular flexibility index (Phi) is 15.5. The first-order valence-corrected chi connectivity index (χ1v) is 4.15. The second-order valence-corrected chi connectivity index (χ2v) is 2.55. The molecule has 1 rings (SSSR count). The predicted molar refractivity (Wildman–Crippen MR) is 63.9 cm³/mol. The van der Waals surface area contributed by atoms with E-state index in [0.717, 1.165) is 11.1 Å². The number of aromatic nitrogens is 2. The number of nitrogens with two attached hydrogens (primary N) is 1. The molecule has 7 nitrogen and oxygen atoms in total. The normalized spacial score (nSPS) is 8.25. The van der Waals surface area contributed by atoms with Crippen LogP contribution in [-0.2, 0) is 0 Å². The zero-order valence-electron chi connectivity index (χ0n) is 9.63. The second kappa shape index (κ2) is 12.8. The van der Waals surface area contributed by atoms with E-state index in [4.69, 9.17) is 22.1 Å². The highest BCUT2D eigenvalue weighted by atomic mass is 16.0. The highest BCUT2D eigenvalue weighted by Gasteiger charge is 1.88. The molecule has 0 fully saturated rings. The number of allylic oxidation sites excluding steroid dienone is 2. The number of nitrogens with zero attached hydrogens (tertiary/aromatic N) is 2. The van der Waals surface area contributed by atoms with Gasteiger partial charge < -0.3 is 11.2 Å². The molecule has 0 aliphatic carbocycles. The van der Waals surface area contributed by atoms with Gasteiger partial charge in [0, 0.05) is 12.6 Å². The second-order valence-electron chi connectivity index (χ2n) is 2.55. The summed E-state index contributed by atoms with van der Waals surface area (Å²) in [5.41, 5.74) is 17.1. The molecule has 7 N–H and O–H groups in total. The van der Waals surface area contributed by atoms with Crippen LogP contribution in [-0.4, -0.2) is 15.7 Å². The van der Waals surface area contributed by atoms with E-state index in [1.807, 2.05) is 19.9 Å². The van der Waals surface area contributed by atoms with E-state index in [1.165, 1.54) is 0 Å². The number of aromatic amines is 1. The smallest absolute Gasteiger partial charge is 0.121 e. The molecule has 0 amide bonds. The number of H-pyrrole nitrogens is 1. The molecule has 0 spiro atoms. The van der Waals surface area contributed by atoms with Crippen LogP contribution in [0.4, 0.5) is 5.82 Å². The number of hydrogen-bond acceptors (Lipinski definition) is 5. The highest BCUT2D eigenvalue weighted by molar-refractivity contribution is 5.34. The summed E-state index contributed by atoms with van der Waals surface area (Å²) in [7, 11) is 0. The van der Waals surface area contributed by atoms with Crippen molar-refractivity contribution in [3.8, 4) is 6.07 Å². The molecule has 92 valence electrons. The first kappa shape index (κ1) is 19.4. The number of anilines is 1. The zero-order chi connectivity index (χ0) is 12.3. The van der Waals surface area contributed by atoms with E-state index in [-0.39, 0.29) is 6.90 Å². The van der Waals surface area contributed by atoms with Gasteiger partial charge in [-0.05, 0) is 20.8 Å². The quantitative estimate of drug-likeness (QED) is 0.394. The number of nitrogens with one attached hydrogen (secondary N) is 3. The lowest BCUT2D eigenvalue weighted by atomic mass is 10.3. The molecule has 0 aliphatic rings. The summed E-state index contributed by atoms with van der Waals surface area (Å²) in [4.78, 5) is 0. The van der Waals surface area contributed by atoms with Crippen molar-refractivity contribution < 1.29 is 6.90 Å². The maximum atomic E-state index is 8.02. The van der Waals surface area contributed by atoms with Crippen molar-refractivity contribution in [2.24, 2.45) is 0 Å². The summed E-state index contributed by atoms with van der Waals surface area (Å²) in [6.45, 7) is 5.53. The standard InChI is InChI=1S/C5H7N.C4H7N3.H2N2.H2O.H2/c1-3-5(2)4-6;1-3-2-6-7-4(3)5;1-2;;/h3H,1-2H3;2H,1H3,(H3,5,6,7);1-2H;1H2;1H. The number of hydrogen-bond donors (Lipinski definition) is 4. The Bertz CT molecular complexity index is 327. The van der Waals surface area contributed by atoms with E-state index in [1.54, 1.807) is 19.2 Å². The maximum absolute atomic E-state index is 8.02. The first-order chi connectivity index (χ1) is 7.11. The van der Waals surface area contributed by atoms with Crippen LogP contribution in [0.25, 0.3) is 0 Å². The van der Waals surface area contributed by atoms with Gasteiger partial charge in [-0.2, -0.15) is 10.4 Å². The zero-order valence-corrected chi connectivity index (χ0v) is 9.63. The summed E-state index contributed by atoms with van der Waals surface area (Å²) < 4.78 is 0. The number of aryl methyl sites for hydroxylation is 1. The summed E-state index contributed by atoms with van der Waals surface area (Å²) >= 11 is 0. The fourth-order valence-electron chi connectivity index (χ4n) is 0.421. The van der Waals surface area contributed by atoms with Crippen molar-refractivity contribution >= 4 is 5.82 Å². The van der Waals surface area contributed by atoms with Gasteiger partial charge in [0.2, 0.25) is 0 Å². The Morgan fingerprint density at radius 1 is 1.69 bits per heavy atom. The minimum atomic E-state index is 0. The third-order valence-corrected chi connectivity index (χ3v) is 1.48. The Morgan fingerprint density at radius 2 is 2.19 bits per heavy atom. The van der Waals surface area contributed by atoms with Gasteiger partial charge in [-0.25, -0.2) is 11.1 Å². The molecule has 7 heteroatoms. The molecule has 0 saturated heterocycles. The van der Waals surface area contributed by atoms with Crippen LogP contribution >= 0.6 is 0 Å². The van der Waals surface area contributed by atoms with E-state index < -0.39 is 0 Å². The van der Waals surface area contributed by atoms with Gasteiger partial charge in [0.05, 0.1) is 12.3 Å². The third-order valence-electron chi connectivity index (χ3n) is 1.48. The topological polar surface area (TPSA) is 158 Å². The molecule has 1 aromatic rings. The summed E-state index contributed by atoms with van der Waals surface area (Å²) in [5.74, 6) is 0.653. The van der Waals surface area contributed by atoms with E-state index in [2.05, 4.69) is 10.2 Å². The number of nitriles is 1. The van der Waals surface area contributed by atoms with Gasteiger partial charge in [-0.1, -0.05) is 6.08 Å². The van der Waals surface area contributed by atoms with Crippen LogP contribution in [0.15, 0.2) is 17.8 Å². The molecule has 0 bridgehead atoms. The van der Waals surface area contributed by atoms with Gasteiger partial charge in [0.25, 0.3) is 0 Å². The van der Waals surface area contributed by atoms with Crippen molar-refractivity contribution in [2.75, 3.05) is 5.73 Å². The largest absolute Gasteiger partial charge is 0.412 e. The molecule has 0 aromatic carbocycles. The van der Waals surface area contributed by atoms with Crippen molar-refractivity contribution in [3.05, 3.63) is 23.4 Å². The van der Waals surface area contributed by atoms with Gasteiger partial charge in [-0.3, -0.25) is 5.10 Å². The Morgan fingerprint density at radius 3 is 2.25 bits per heavy atom. The lowest BCUT2D eigenvalue weighted by molar-refractivity contribution is 0.824. The molecule has 1 aromatic heterocycles. The van der Waals surface area contributed by atoms with Gasteiger partial charge in [0.1, 0.15) is 5.82 Å². The van der Waals surface area contributed by atoms with Crippen LogP contribution in [0.1, 0.15) is 20.8 Å². The SMILES string of the molecule is CC=C(C)C#N.Cc1cn[nH]c1N.N=N.O.[HH]. The monoisotopic (exact) mass is 228 g/mol. The summed E-state index contributed by atoms with van der Waals surface area (Å²) in [6.07, 6.45) is 3.47. The van der Waals surface area contributed by atoms with E-state index in [9.17, 15) is 0 Å². The molecule has 0 unspecified atom stereocenters. The lowest BCUT2D eigenvalue weighted by Gasteiger charge is -1.79. The van der Waals surface area contributed by atoms with Crippen LogP contribution in [0.3, 0.4) is 0 Å². The molecule has 0 saturated carbocycles. The molecule has 1 heterocycles. The molecule has 0 aliphatic heterocycles. The first-order valence-electron chi connectivity index (χ1n) is 4.15. The van der Waals surface area contributed by atoms with Crippen molar-refractivity contribution in [2.45, 2.75) is 20.8 Å². The Balaban J connectivity index is -0.0000000794. The van der Waals surface area contributed by atoms with Crippen molar-refractivity contribution in [1.29, 1.82) is 16.3 Å². The molecule has 0 radical (unpaired) electrons. The van der Waals surface area contributed by atoms with Crippen LogP contribution in [0.2, 0.25) is 0 Å². The third kappa shape index (κ3) is 9.88. The molecular formula is C9H20N6O. The number of nitrogen functional groups attached to an aromatic ring is 1. The average Bonchev–Trinajstić information content (AvgIpc) is 2.66.